The number of likely N-dealkylation sites (N-methyl/N-ethyl adjacent to an activating group) is 1. The molecule has 1 saturated heterocycles. The minimum absolute atomic E-state index is 0.268. The lowest BCUT2D eigenvalue weighted by atomic mass is 10.1. The molecule has 0 radical (unpaired) electrons. The van der Waals surface area contributed by atoms with Crippen LogP contribution in [0.2, 0.25) is 0 Å². The summed E-state index contributed by atoms with van der Waals surface area (Å²) in [5.41, 5.74) is 2.57. The van der Waals surface area contributed by atoms with Crippen molar-refractivity contribution in [3.63, 3.8) is 0 Å². The highest BCUT2D eigenvalue weighted by Crippen LogP contribution is 2.20. The summed E-state index contributed by atoms with van der Waals surface area (Å²) < 4.78 is 5.30. The van der Waals surface area contributed by atoms with Crippen LogP contribution in [0.15, 0.2) is 33.5 Å². The second kappa shape index (κ2) is 5.38. The molecule has 1 aliphatic rings. The summed E-state index contributed by atoms with van der Waals surface area (Å²) in [6.45, 7) is 4.88. The van der Waals surface area contributed by atoms with Gasteiger partial charge in [-0.25, -0.2) is 4.79 Å². The first-order valence-electron chi connectivity index (χ1n) is 7.08. The molecule has 0 aliphatic carbocycles. The molecule has 0 saturated carbocycles. The van der Waals surface area contributed by atoms with E-state index in [1.54, 1.807) is 6.07 Å². The lowest BCUT2D eigenvalue weighted by molar-refractivity contribution is 0.249. The van der Waals surface area contributed by atoms with E-state index in [1.165, 1.54) is 0 Å². The molecule has 4 heteroatoms. The number of nitrogens with one attached hydrogen (secondary N) is 1. The maximum absolute atomic E-state index is 11.7. The summed E-state index contributed by atoms with van der Waals surface area (Å²) in [6, 6.07) is 8.20. The number of fused-ring (bicyclic) bond motifs is 1. The summed E-state index contributed by atoms with van der Waals surface area (Å²) in [5.74, 6) is 0. The van der Waals surface area contributed by atoms with Crippen LogP contribution in [0.3, 0.4) is 0 Å². The molecule has 20 heavy (non-hydrogen) atoms. The predicted molar refractivity (Wildman–Crippen MR) is 80.0 cm³/mol. The van der Waals surface area contributed by atoms with Crippen LogP contribution >= 0.6 is 0 Å². The zero-order valence-corrected chi connectivity index (χ0v) is 12.0. The highest BCUT2D eigenvalue weighted by molar-refractivity contribution is 5.80. The molecule has 1 aromatic heterocycles. The van der Waals surface area contributed by atoms with E-state index in [4.69, 9.17) is 4.42 Å². The van der Waals surface area contributed by atoms with Gasteiger partial charge in [-0.05, 0) is 44.1 Å². The van der Waals surface area contributed by atoms with Gasteiger partial charge in [0, 0.05) is 30.6 Å². The molecule has 4 nitrogen and oxygen atoms in total. The van der Waals surface area contributed by atoms with Gasteiger partial charge in [-0.1, -0.05) is 12.1 Å². The first kappa shape index (κ1) is 13.3. The first-order valence-corrected chi connectivity index (χ1v) is 7.08. The Morgan fingerprint density at radius 2 is 2.25 bits per heavy atom. The second-order valence-corrected chi connectivity index (χ2v) is 5.65. The quantitative estimate of drug-likeness (QED) is 0.867. The number of aryl methyl sites for hydroxylation is 1. The largest absolute Gasteiger partial charge is 0.423 e. The van der Waals surface area contributed by atoms with Gasteiger partial charge < -0.3 is 9.73 Å². The summed E-state index contributed by atoms with van der Waals surface area (Å²) in [7, 11) is 2.12. The van der Waals surface area contributed by atoms with Gasteiger partial charge in [0.05, 0.1) is 0 Å². The summed E-state index contributed by atoms with van der Waals surface area (Å²) in [6.07, 6.45) is 1.16. The highest BCUT2D eigenvalue weighted by Gasteiger charge is 2.20. The zero-order valence-electron chi connectivity index (χ0n) is 12.0. The second-order valence-electron chi connectivity index (χ2n) is 5.65. The maximum Gasteiger partial charge on any atom is 0.336 e. The van der Waals surface area contributed by atoms with E-state index in [2.05, 4.69) is 23.3 Å². The third kappa shape index (κ3) is 2.62. The van der Waals surface area contributed by atoms with E-state index < -0.39 is 0 Å². The number of rotatable bonds is 3. The number of nitrogens with zero attached hydrogens (tertiary/aromatic N) is 1. The molecular weight excluding hydrogens is 252 g/mol. The van der Waals surface area contributed by atoms with E-state index in [0.717, 1.165) is 42.6 Å². The molecule has 0 amide bonds. The Bertz CT molecular complexity index is 672. The van der Waals surface area contributed by atoms with Crippen LogP contribution in [0.4, 0.5) is 0 Å². The van der Waals surface area contributed by atoms with Gasteiger partial charge in [-0.2, -0.15) is 0 Å². The average Bonchev–Trinajstić information content (AvgIpc) is 2.91. The number of benzene rings is 1. The Hall–Kier alpha value is -1.65. The van der Waals surface area contributed by atoms with E-state index in [-0.39, 0.29) is 5.63 Å². The van der Waals surface area contributed by atoms with Crippen LogP contribution < -0.4 is 10.9 Å². The van der Waals surface area contributed by atoms with Gasteiger partial charge in [0.25, 0.3) is 0 Å². The summed E-state index contributed by atoms with van der Waals surface area (Å²) in [4.78, 5) is 14.0. The fraction of sp³-hybridized carbons (Fsp3) is 0.438. The highest BCUT2D eigenvalue weighted by atomic mass is 16.4. The monoisotopic (exact) mass is 272 g/mol. The van der Waals surface area contributed by atoms with Crippen molar-refractivity contribution in [2.75, 3.05) is 20.1 Å². The molecule has 106 valence electrons. The average molecular weight is 272 g/mol. The van der Waals surface area contributed by atoms with Crippen molar-refractivity contribution < 1.29 is 4.42 Å². The third-order valence-corrected chi connectivity index (χ3v) is 4.06. The van der Waals surface area contributed by atoms with Crippen molar-refractivity contribution in [1.29, 1.82) is 0 Å². The zero-order chi connectivity index (χ0) is 14.1. The Kier molecular flexibility index (Phi) is 3.59. The normalized spacial score (nSPS) is 19.1. The fourth-order valence-electron chi connectivity index (χ4n) is 2.88. The lowest BCUT2D eigenvalue weighted by Crippen LogP contribution is -2.33. The minimum Gasteiger partial charge on any atom is -0.423 e. The molecule has 1 unspecified atom stereocenters. The number of hydrogen-bond acceptors (Lipinski definition) is 4. The van der Waals surface area contributed by atoms with Gasteiger partial charge in [-0.3, -0.25) is 4.90 Å². The van der Waals surface area contributed by atoms with Crippen molar-refractivity contribution in [1.82, 2.24) is 10.2 Å². The van der Waals surface area contributed by atoms with Gasteiger partial charge in [0.2, 0.25) is 0 Å². The number of hydrogen-bond donors (Lipinski definition) is 1. The molecule has 1 N–H and O–H groups in total. The van der Waals surface area contributed by atoms with Gasteiger partial charge in [-0.15, -0.1) is 0 Å². The third-order valence-electron chi connectivity index (χ3n) is 4.06. The topological polar surface area (TPSA) is 45.5 Å². The van der Waals surface area contributed by atoms with Crippen LogP contribution in [-0.4, -0.2) is 31.1 Å². The maximum atomic E-state index is 11.7. The van der Waals surface area contributed by atoms with Crippen LogP contribution in [0.25, 0.3) is 11.0 Å². The molecular formula is C16H20N2O2. The van der Waals surface area contributed by atoms with Crippen molar-refractivity contribution in [3.05, 3.63) is 45.8 Å². The van der Waals surface area contributed by atoms with Crippen molar-refractivity contribution in [2.24, 2.45) is 0 Å². The lowest BCUT2D eigenvalue weighted by Gasteiger charge is -2.23. The standard InChI is InChI=1S/C16H20N2O2/c1-11-3-4-14-12(8-16(19)20-15(14)7-11)10-18(2)13-5-6-17-9-13/h3-4,7-8,13,17H,5-6,9-10H2,1-2H3. The predicted octanol–water partition coefficient (Wildman–Crippen LogP) is 1.90. The van der Waals surface area contributed by atoms with Gasteiger partial charge >= 0.3 is 5.63 Å². The molecule has 3 rings (SSSR count). The summed E-state index contributed by atoms with van der Waals surface area (Å²) >= 11 is 0. The Balaban J connectivity index is 1.95. The molecule has 1 aliphatic heterocycles. The molecule has 1 fully saturated rings. The van der Waals surface area contributed by atoms with E-state index in [9.17, 15) is 4.79 Å². The van der Waals surface area contributed by atoms with Crippen LogP contribution in [0, 0.1) is 6.92 Å². The Morgan fingerprint density at radius 1 is 1.40 bits per heavy atom. The van der Waals surface area contributed by atoms with E-state index in [1.807, 2.05) is 19.1 Å². The molecule has 2 heterocycles. The van der Waals surface area contributed by atoms with Crippen LogP contribution in [0.5, 0.6) is 0 Å². The van der Waals surface area contributed by atoms with Crippen molar-refractivity contribution in [2.45, 2.75) is 25.9 Å². The summed E-state index contributed by atoms with van der Waals surface area (Å²) in [5, 5.41) is 4.41. The minimum atomic E-state index is -0.268. The molecule has 2 aromatic rings. The molecule has 1 atom stereocenters. The van der Waals surface area contributed by atoms with Crippen molar-refractivity contribution in [3.8, 4) is 0 Å². The van der Waals surface area contributed by atoms with Gasteiger partial charge in [0.15, 0.2) is 0 Å². The van der Waals surface area contributed by atoms with Crippen molar-refractivity contribution >= 4 is 11.0 Å². The Labute approximate surface area is 118 Å². The Morgan fingerprint density at radius 3 is 3.00 bits per heavy atom. The first-order chi connectivity index (χ1) is 9.63. The molecule has 0 spiro atoms. The SMILES string of the molecule is Cc1ccc2c(CN(C)C3CCNC3)cc(=O)oc2c1. The van der Waals surface area contributed by atoms with Gasteiger partial charge in [0.1, 0.15) is 5.58 Å². The van der Waals surface area contributed by atoms with E-state index in [0.29, 0.717) is 11.6 Å². The van der Waals surface area contributed by atoms with Crippen LogP contribution in [-0.2, 0) is 6.54 Å². The molecule has 1 aromatic carbocycles. The molecule has 0 bridgehead atoms. The van der Waals surface area contributed by atoms with E-state index >= 15 is 0 Å². The smallest absolute Gasteiger partial charge is 0.336 e. The van der Waals surface area contributed by atoms with Crippen LogP contribution in [0.1, 0.15) is 17.5 Å². The fourth-order valence-corrected chi connectivity index (χ4v) is 2.88.